The molecule has 0 aliphatic carbocycles. The van der Waals surface area contributed by atoms with Crippen LogP contribution in [0.25, 0.3) is 0 Å². The van der Waals surface area contributed by atoms with Crippen LogP contribution < -0.4 is 5.73 Å². The van der Waals surface area contributed by atoms with Gasteiger partial charge in [-0.25, -0.2) is 8.42 Å². The molecule has 3 unspecified atom stereocenters. The minimum absolute atomic E-state index is 0.0700. The molecule has 27 heavy (non-hydrogen) atoms. The maximum absolute atomic E-state index is 13.1. The highest BCUT2D eigenvalue weighted by atomic mass is 32.2. The predicted octanol–water partition coefficient (Wildman–Crippen LogP) is 1.30. The zero-order valence-corrected chi connectivity index (χ0v) is 17.0. The SMILES string of the molecule is CC1CN(S(=O)(=O)c2cccc(C(=O)N3CCC(C)(CN)C3)c2)CC(C)O1. The summed E-state index contributed by atoms with van der Waals surface area (Å²) >= 11 is 0. The van der Waals surface area contributed by atoms with Gasteiger partial charge in [-0.05, 0) is 50.4 Å². The van der Waals surface area contributed by atoms with E-state index in [2.05, 4.69) is 6.92 Å². The van der Waals surface area contributed by atoms with Gasteiger partial charge in [-0.3, -0.25) is 4.79 Å². The zero-order valence-electron chi connectivity index (χ0n) is 16.2. The van der Waals surface area contributed by atoms with Gasteiger partial charge in [0.15, 0.2) is 0 Å². The number of amides is 1. The van der Waals surface area contributed by atoms with Crippen molar-refractivity contribution in [2.45, 2.75) is 44.3 Å². The Balaban J connectivity index is 1.82. The Morgan fingerprint density at radius 1 is 1.30 bits per heavy atom. The van der Waals surface area contributed by atoms with Crippen molar-refractivity contribution in [2.75, 3.05) is 32.7 Å². The van der Waals surface area contributed by atoms with Crippen LogP contribution in [0.15, 0.2) is 29.2 Å². The largest absolute Gasteiger partial charge is 0.373 e. The predicted molar refractivity (Wildman–Crippen MR) is 103 cm³/mol. The molecule has 0 radical (unpaired) electrons. The lowest BCUT2D eigenvalue weighted by Crippen LogP contribution is -2.48. The fourth-order valence-corrected chi connectivity index (χ4v) is 5.45. The van der Waals surface area contributed by atoms with Crippen LogP contribution in [0.4, 0.5) is 0 Å². The van der Waals surface area contributed by atoms with E-state index in [-0.39, 0.29) is 28.4 Å². The minimum atomic E-state index is -3.67. The summed E-state index contributed by atoms with van der Waals surface area (Å²) in [5.74, 6) is -0.145. The standard InChI is InChI=1S/C19H29N3O4S/c1-14-10-22(11-15(2)26-14)27(24,25)17-6-4-5-16(9-17)18(23)21-8-7-19(3,12-20)13-21/h4-6,9,14-15H,7-8,10-13,20H2,1-3H3. The normalized spacial score (nSPS) is 29.9. The number of hydrogen-bond acceptors (Lipinski definition) is 5. The second-order valence-electron chi connectivity index (χ2n) is 8.10. The molecule has 2 fully saturated rings. The minimum Gasteiger partial charge on any atom is -0.373 e. The van der Waals surface area contributed by atoms with E-state index in [4.69, 9.17) is 10.5 Å². The number of carbonyl (C=O) groups excluding carboxylic acids is 1. The highest BCUT2D eigenvalue weighted by Crippen LogP contribution is 2.30. The van der Waals surface area contributed by atoms with E-state index in [9.17, 15) is 13.2 Å². The summed E-state index contributed by atoms with van der Waals surface area (Å²) in [5.41, 5.74) is 6.15. The lowest BCUT2D eigenvalue weighted by Gasteiger charge is -2.34. The lowest BCUT2D eigenvalue weighted by molar-refractivity contribution is -0.0440. The molecule has 0 bridgehead atoms. The van der Waals surface area contributed by atoms with Crippen LogP contribution in [0, 0.1) is 5.41 Å². The number of likely N-dealkylation sites (tertiary alicyclic amines) is 1. The quantitative estimate of drug-likeness (QED) is 0.829. The van der Waals surface area contributed by atoms with Gasteiger partial charge in [0, 0.05) is 31.7 Å². The molecule has 2 aliphatic heterocycles. The smallest absolute Gasteiger partial charge is 0.253 e. The highest BCUT2D eigenvalue weighted by molar-refractivity contribution is 7.89. The van der Waals surface area contributed by atoms with Crippen molar-refractivity contribution in [3.8, 4) is 0 Å². The number of nitrogens with zero attached hydrogens (tertiary/aromatic N) is 2. The summed E-state index contributed by atoms with van der Waals surface area (Å²) < 4.78 is 33.2. The molecule has 0 saturated carbocycles. The molecule has 2 aliphatic rings. The van der Waals surface area contributed by atoms with Crippen molar-refractivity contribution in [3.63, 3.8) is 0 Å². The molecule has 2 saturated heterocycles. The van der Waals surface area contributed by atoms with Crippen LogP contribution in [-0.4, -0.2) is 68.5 Å². The van der Waals surface area contributed by atoms with Crippen LogP contribution in [0.5, 0.6) is 0 Å². The first kappa shape index (κ1) is 20.3. The van der Waals surface area contributed by atoms with E-state index in [1.54, 1.807) is 23.1 Å². The molecular formula is C19H29N3O4S. The van der Waals surface area contributed by atoms with Crippen LogP contribution in [0.3, 0.4) is 0 Å². The number of benzene rings is 1. The Labute approximate surface area is 161 Å². The van der Waals surface area contributed by atoms with Gasteiger partial charge >= 0.3 is 0 Å². The third kappa shape index (κ3) is 4.18. The van der Waals surface area contributed by atoms with Crippen molar-refractivity contribution < 1.29 is 17.9 Å². The van der Waals surface area contributed by atoms with E-state index in [0.29, 0.717) is 38.3 Å². The average molecular weight is 396 g/mol. The van der Waals surface area contributed by atoms with Gasteiger partial charge in [-0.15, -0.1) is 0 Å². The summed E-state index contributed by atoms with van der Waals surface area (Å²) in [5, 5.41) is 0. The van der Waals surface area contributed by atoms with Gasteiger partial charge in [0.25, 0.3) is 5.91 Å². The van der Waals surface area contributed by atoms with E-state index in [0.717, 1.165) is 6.42 Å². The second kappa shape index (κ2) is 7.50. The third-order valence-electron chi connectivity index (χ3n) is 5.44. The van der Waals surface area contributed by atoms with E-state index >= 15 is 0 Å². The molecule has 1 amide bonds. The molecule has 8 heteroatoms. The molecule has 0 aromatic heterocycles. The number of morpholine rings is 1. The van der Waals surface area contributed by atoms with Crippen molar-refractivity contribution in [1.29, 1.82) is 0 Å². The van der Waals surface area contributed by atoms with E-state index < -0.39 is 10.0 Å². The van der Waals surface area contributed by atoms with Gasteiger partial charge in [0.05, 0.1) is 17.1 Å². The first-order valence-corrected chi connectivity index (χ1v) is 10.8. The maximum atomic E-state index is 13.1. The molecular weight excluding hydrogens is 366 g/mol. The summed E-state index contributed by atoms with van der Waals surface area (Å²) in [7, 11) is -3.67. The first-order valence-electron chi connectivity index (χ1n) is 9.40. The van der Waals surface area contributed by atoms with Crippen LogP contribution >= 0.6 is 0 Å². The Kier molecular flexibility index (Phi) is 5.63. The molecule has 1 aromatic carbocycles. The Bertz CT molecular complexity index is 803. The molecule has 2 heterocycles. The van der Waals surface area contributed by atoms with Crippen LogP contribution in [0.2, 0.25) is 0 Å². The summed E-state index contributed by atoms with van der Waals surface area (Å²) in [6, 6.07) is 6.33. The summed E-state index contributed by atoms with van der Waals surface area (Å²) in [6.45, 7) is 8.18. The molecule has 0 spiro atoms. The lowest BCUT2D eigenvalue weighted by atomic mass is 9.90. The maximum Gasteiger partial charge on any atom is 0.253 e. The van der Waals surface area contributed by atoms with E-state index in [1.165, 1.54) is 10.4 Å². The zero-order chi connectivity index (χ0) is 19.8. The monoisotopic (exact) mass is 395 g/mol. The topological polar surface area (TPSA) is 92.9 Å². The third-order valence-corrected chi connectivity index (χ3v) is 7.27. The van der Waals surface area contributed by atoms with Gasteiger partial charge < -0.3 is 15.4 Å². The van der Waals surface area contributed by atoms with E-state index in [1.807, 2.05) is 13.8 Å². The highest BCUT2D eigenvalue weighted by Gasteiger charge is 2.36. The van der Waals surface area contributed by atoms with Crippen molar-refractivity contribution in [2.24, 2.45) is 11.1 Å². The number of sulfonamides is 1. The summed E-state index contributed by atoms with van der Waals surface area (Å²) in [6.07, 6.45) is 0.537. The van der Waals surface area contributed by atoms with Crippen molar-refractivity contribution in [1.82, 2.24) is 9.21 Å². The Morgan fingerprint density at radius 2 is 1.96 bits per heavy atom. The average Bonchev–Trinajstić information content (AvgIpc) is 3.03. The van der Waals surface area contributed by atoms with Crippen molar-refractivity contribution in [3.05, 3.63) is 29.8 Å². The second-order valence-corrected chi connectivity index (χ2v) is 10.0. The number of rotatable bonds is 4. The molecule has 1 aromatic rings. The van der Waals surface area contributed by atoms with Crippen molar-refractivity contribution >= 4 is 15.9 Å². The molecule has 7 nitrogen and oxygen atoms in total. The first-order chi connectivity index (χ1) is 12.6. The van der Waals surface area contributed by atoms with Crippen LogP contribution in [0.1, 0.15) is 37.6 Å². The molecule has 2 N–H and O–H groups in total. The van der Waals surface area contributed by atoms with Crippen LogP contribution in [-0.2, 0) is 14.8 Å². The fourth-order valence-electron chi connectivity index (χ4n) is 3.81. The molecule has 150 valence electrons. The molecule has 3 atom stereocenters. The number of ether oxygens (including phenoxy) is 1. The number of hydrogen-bond donors (Lipinski definition) is 1. The molecule has 3 rings (SSSR count). The Morgan fingerprint density at radius 3 is 2.56 bits per heavy atom. The van der Waals surface area contributed by atoms with Gasteiger partial charge in [0.1, 0.15) is 0 Å². The van der Waals surface area contributed by atoms with Gasteiger partial charge in [-0.2, -0.15) is 4.31 Å². The summed E-state index contributed by atoms with van der Waals surface area (Å²) in [4.78, 5) is 14.8. The van der Waals surface area contributed by atoms with Gasteiger partial charge in [0.2, 0.25) is 10.0 Å². The fraction of sp³-hybridized carbons (Fsp3) is 0.632. The number of nitrogens with two attached hydrogens (primary N) is 1. The van der Waals surface area contributed by atoms with Gasteiger partial charge in [-0.1, -0.05) is 13.0 Å². The number of carbonyl (C=O) groups is 1. The Hall–Kier alpha value is -1.48.